The highest BCUT2D eigenvalue weighted by molar-refractivity contribution is 7.13. The normalized spacial score (nSPS) is 23.5. The van der Waals surface area contributed by atoms with Gasteiger partial charge in [0.25, 0.3) is 5.91 Å². The predicted octanol–water partition coefficient (Wildman–Crippen LogP) is 2.32. The number of rotatable bonds is 4. The molecule has 7 heteroatoms. The number of hydrogen-bond donors (Lipinski definition) is 1. The fourth-order valence-corrected chi connectivity index (χ4v) is 4.58. The number of piperidine rings is 1. The summed E-state index contributed by atoms with van der Waals surface area (Å²) < 4.78 is 0. The van der Waals surface area contributed by atoms with Gasteiger partial charge in [0.1, 0.15) is 5.69 Å². The second kappa shape index (κ2) is 7.09. The number of pyridine rings is 1. The van der Waals surface area contributed by atoms with Gasteiger partial charge in [-0.15, -0.1) is 11.3 Å². The van der Waals surface area contributed by atoms with Gasteiger partial charge in [-0.05, 0) is 36.5 Å². The Hall–Kier alpha value is -1.99. The predicted molar refractivity (Wildman–Crippen MR) is 98.7 cm³/mol. The molecular formula is C18H23N5OS. The van der Waals surface area contributed by atoms with Crippen molar-refractivity contribution in [3.05, 3.63) is 41.2 Å². The molecule has 0 spiro atoms. The summed E-state index contributed by atoms with van der Waals surface area (Å²) in [5, 5.41) is 5.67. The first-order valence-electron chi connectivity index (χ1n) is 8.78. The van der Waals surface area contributed by atoms with Crippen LogP contribution in [0.2, 0.25) is 0 Å². The Morgan fingerprint density at radius 1 is 1.28 bits per heavy atom. The van der Waals surface area contributed by atoms with E-state index in [0.717, 1.165) is 37.7 Å². The van der Waals surface area contributed by atoms with E-state index in [1.807, 2.05) is 24.8 Å². The minimum Gasteiger partial charge on any atom is -0.365 e. The van der Waals surface area contributed by atoms with Gasteiger partial charge >= 0.3 is 0 Å². The van der Waals surface area contributed by atoms with Crippen LogP contribution in [0.15, 0.2) is 29.9 Å². The molecule has 2 aromatic heterocycles. The van der Waals surface area contributed by atoms with Crippen LogP contribution in [0.5, 0.6) is 0 Å². The molecular weight excluding hydrogens is 334 g/mol. The van der Waals surface area contributed by atoms with E-state index in [1.54, 1.807) is 0 Å². The third kappa shape index (κ3) is 3.52. The highest BCUT2D eigenvalue weighted by atomic mass is 32.1. The number of thiazole rings is 1. The molecule has 132 valence electrons. The number of carbonyl (C=O) groups is 1. The van der Waals surface area contributed by atoms with Gasteiger partial charge in [-0.3, -0.25) is 14.7 Å². The molecule has 1 N–H and O–H groups in total. The van der Waals surface area contributed by atoms with Crippen molar-refractivity contribution in [2.45, 2.75) is 25.4 Å². The van der Waals surface area contributed by atoms with Crippen LogP contribution in [0.4, 0.5) is 5.13 Å². The van der Waals surface area contributed by atoms with Gasteiger partial charge < -0.3 is 10.2 Å². The van der Waals surface area contributed by atoms with Crippen molar-refractivity contribution in [1.82, 2.24) is 19.8 Å². The average Bonchev–Trinajstić information content (AvgIpc) is 2.96. The maximum absolute atomic E-state index is 13.0. The first-order chi connectivity index (χ1) is 12.2. The third-order valence-corrected chi connectivity index (χ3v) is 6.00. The van der Waals surface area contributed by atoms with Crippen LogP contribution < -0.4 is 5.32 Å². The summed E-state index contributed by atoms with van der Waals surface area (Å²) >= 11 is 1.48. The summed E-state index contributed by atoms with van der Waals surface area (Å²) in [7, 11) is 1.83. The maximum Gasteiger partial charge on any atom is 0.273 e. The number of carbonyl (C=O) groups excluding carboxylic acids is 1. The molecule has 25 heavy (non-hydrogen) atoms. The van der Waals surface area contributed by atoms with Gasteiger partial charge in [0.15, 0.2) is 5.13 Å². The molecule has 6 nitrogen and oxygen atoms in total. The van der Waals surface area contributed by atoms with Crippen molar-refractivity contribution in [2.24, 2.45) is 5.92 Å². The summed E-state index contributed by atoms with van der Waals surface area (Å²) in [4.78, 5) is 26.0. The Labute approximate surface area is 151 Å². The number of nitrogens with zero attached hydrogens (tertiary/aromatic N) is 4. The third-order valence-electron chi connectivity index (χ3n) is 5.14. The Morgan fingerprint density at radius 3 is 2.88 bits per heavy atom. The van der Waals surface area contributed by atoms with E-state index in [2.05, 4.69) is 37.2 Å². The molecule has 2 aromatic rings. The standard InChI is InChI=1S/C18H23N5OS/c1-19-18-21-16(12-25-18)17(24)23-10-14-2-3-15(23)11-22(9-14)8-13-4-6-20-7-5-13/h4-7,12,14-15H,2-3,8-11H2,1H3,(H,19,21)/t14-,15+/m0/s1. The van der Waals surface area contributed by atoms with Crippen molar-refractivity contribution in [3.63, 3.8) is 0 Å². The van der Waals surface area contributed by atoms with E-state index in [9.17, 15) is 4.79 Å². The number of amides is 1. The van der Waals surface area contributed by atoms with Crippen LogP contribution in [0.1, 0.15) is 28.9 Å². The van der Waals surface area contributed by atoms with Gasteiger partial charge in [0.05, 0.1) is 0 Å². The lowest BCUT2D eigenvalue weighted by Gasteiger charge is -2.35. The van der Waals surface area contributed by atoms with E-state index in [4.69, 9.17) is 0 Å². The van der Waals surface area contributed by atoms with Gasteiger partial charge in [0.2, 0.25) is 0 Å². The summed E-state index contributed by atoms with van der Waals surface area (Å²) in [6, 6.07) is 4.43. The molecule has 3 fully saturated rings. The first kappa shape index (κ1) is 16.5. The van der Waals surface area contributed by atoms with Crippen LogP contribution in [-0.4, -0.2) is 58.4 Å². The molecule has 0 aliphatic carbocycles. The molecule has 3 saturated heterocycles. The number of nitrogens with one attached hydrogen (secondary N) is 1. The summed E-state index contributed by atoms with van der Waals surface area (Å²) in [6.45, 7) is 3.77. The van der Waals surface area contributed by atoms with Crippen molar-refractivity contribution < 1.29 is 4.79 Å². The van der Waals surface area contributed by atoms with Crippen LogP contribution in [-0.2, 0) is 6.54 Å². The van der Waals surface area contributed by atoms with Crippen molar-refractivity contribution in [3.8, 4) is 0 Å². The first-order valence-corrected chi connectivity index (χ1v) is 9.66. The minimum atomic E-state index is 0.0817. The van der Waals surface area contributed by atoms with E-state index in [-0.39, 0.29) is 11.9 Å². The van der Waals surface area contributed by atoms with Gasteiger partial charge in [-0.2, -0.15) is 0 Å². The van der Waals surface area contributed by atoms with E-state index in [0.29, 0.717) is 11.6 Å². The molecule has 0 unspecified atom stereocenters. The second-order valence-corrected chi connectivity index (χ2v) is 7.75. The van der Waals surface area contributed by atoms with Crippen molar-refractivity contribution in [2.75, 3.05) is 32.0 Å². The fraction of sp³-hybridized carbons (Fsp3) is 0.500. The van der Waals surface area contributed by atoms with Crippen LogP contribution in [0, 0.1) is 5.92 Å². The zero-order valence-corrected chi connectivity index (χ0v) is 15.2. The lowest BCUT2D eigenvalue weighted by atomic mass is 9.95. The van der Waals surface area contributed by atoms with Crippen LogP contribution >= 0.6 is 11.3 Å². The summed E-state index contributed by atoms with van der Waals surface area (Å²) in [6.07, 6.45) is 5.99. The molecule has 0 aromatic carbocycles. The number of hydrogen-bond acceptors (Lipinski definition) is 6. The molecule has 3 aliphatic heterocycles. The lowest BCUT2D eigenvalue weighted by Crippen LogP contribution is -2.47. The monoisotopic (exact) mass is 357 g/mol. The maximum atomic E-state index is 13.0. The van der Waals surface area contributed by atoms with Crippen LogP contribution in [0.25, 0.3) is 0 Å². The topological polar surface area (TPSA) is 61.4 Å². The average molecular weight is 357 g/mol. The number of anilines is 1. The van der Waals surface area contributed by atoms with Crippen LogP contribution in [0.3, 0.4) is 0 Å². The molecule has 1 amide bonds. The minimum absolute atomic E-state index is 0.0817. The zero-order valence-electron chi connectivity index (χ0n) is 14.4. The molecule has 3 aliphatic rings. The summed E-state index contributed by atoms with van der Waals surface area (Å²) in [5.74, 6) is 0.630. The molecule has 2 bridgehead atoms. The Kier molecular flexibility index (Phi) is 4.67. The molecule has 0 saturated carbocycles. The SMILES string of the molecule is CNc1nc(C(=O)N2C[C@H]3CC[C@@H]2CN(Cc2ccncc2)C3)cs1. The highest BCUT2D eigenvalue weighted by Gasteiger charge is 2.38. The van der Waals surface area contributed by atoms with E-state index < -0.39 is 0 Å². The molecule has 5 rings (SSSR count). The Morgan fingerprint density at radius 2 is 2.12 bits per heavy atom. The molecule has 2 atom stereocenters. The largest absolute Gasteiger partial charge is 0.365 e. The molecule has 0 radical (unpaired) electrons. The fourth-order valence-electron chi connectivity index (χ4n) is 3.94. The quantitative estimate of drug-likeness (QED) is 0.910. The van der Waals surface area contributed by atoms with Gasteiger partial charge in [-0.1, -0.05) is 0 Å². The smallest absolute Gasteiger partial charge is 0.273 e. The number of fused-ring (bicyclic) bond motifs is 4. The van der Waals surface area contributed by atoms with E-state index >= 15 is 0 Å². The number of aromatic nitrogens is 2. The van der Waals surface area contributed by atoms with Gasteiger partial charge in [0, 0.05) is 57.0 Å². The molecule has 5 heterocycles. The van der Waals surface area contributed by atoms with E-state index in [1.165, 1.54) is 23.3 Å². The lowest BCUT2D eigenvalue weighted by molar-refractivity contribution is 0.0580. The van der Waals surface area contributed by atoms with Crippen molar-refractivity contribution in [1.29, 1.82) is 0 Å². The Bertz CT molecular complexity index is 734. The van der Waals surface area contributed by atoms with Crippen molar-refractivity contribution >= 4 is 22.4 Å². The second-order valence-electron chi connectivity index (χ2n) is 6.89. The Balaban J connectivity index is 1.48. The highest BCUT2D eigenvalue weighted by Crippen LogP contribution is 2.30. The summed E-state index contributed by atoms with van der Waals surface area (Å²) in [5.41, 5.74) is 1.86. The zero-order chi connectivity index (χ0) is 17.2. The van der Waals surface area contributed by atoms with Gasteiger partial charge in [-0.25, -0.2) is 4.98 Å².